The van der Waals surface area contributed by atoms with E-state index in [0.717, 1.165) is 23.6 Å². The SMILES string of the molecule is O=C1CC[C@@H](C2CO2)N1Cc1ccccc1Cl. The highest BCUT2D eigenvalue weighted by molar-refractivity contribution is 6.31. The Balaban J connectivity index is 1.78. The standard InChI is InChI=1S/C13H14ClNO2/c14-10-4-2-1-3-9(10)7-15-11(12-8-17-12)5-6-13(15)16/h1-4,11-12H,5-8H2/t11-,12?/m0/s1. The van der Waals surface area contributed by atoms with E-state index in [-0.39, 0.29) is 18.1 Å². The van der Waals surface area contributed by atoms with Gasteiger partial charge in [0.1, 0.15) is 6.10 Å². The molecule has 2 fully saturated rings. The summed E-state index contributed by atoms with van der Waals surface area (Å²) in [6.07, 6.45) is 1.80. The Morgan fingerprint density at radius 2 is 2.18 bits per heavy atom. The van der Waals surface area contributed by atoms with Gasteiger partial charge in [0.25, 0.3) is 0 Å². The fourth-order valence-corrected chi connectivity index (χ4v) is 2.63. The molecule has 1 aromatic carbocycles. The van der Waals surface area contributed by atoms with Gasteiger partial charge in [0.2, 0.25) is 5.91 Å². The molecule has 0 aromatic heterocycles. The first kappa shape index (κ1) is 11.1. The quantitative estimate of drug-likeness (QED) is 0.772. The Morgan fingerprint density at radius 3 is 2.88 bits per heavy atom. The summed E-state index contributed by atoms with van der Waals surface area (Å²) >= 11 is 6.12. The molecular formula is C13H14ClNO2. The zero-order valence-electron chi connectivity index (χ0n) is 9.43. The average molecular weight is 252 g/mol. The van der Waals surface area contributed by atoms with Crippen LogP contribution < -0.4 is 0 Å². The van der Waals surface area contributed by atoms with Crippen molar-refractivity contribution < 1.29 is 9.53 Å². The number of epoxide rings is 1. The molecule has 0 N–H and O–H groups in total. The van der Waals surface area contributed by atoms with Gasteiger partial charge in [0, 0.05) is 18.0 Å². The van der Waals surface area contributed by atoms with Gasteiger partial charge in [-0.1, -0.05) is 29.8 Å². The molecule has 0 spiro atoms. The van der Waals surface area contributed by atoms with Gasteiger partial charge >= 0.3 is 0 Å². The molecule has 1 aromatic rings. The summed E-state index contributed by atoms with van der Waals surface area (Å²) in [6.45, 7) is 1.39. The topological polar surface area (TPSA) is 32.8 Å². The van der Waals surface area contributed by atoms with Crippen molar-refractivity contribution in [1.82, 2.24) is 4.90 Å². The first-order chi connectivity index (χ1) is 8.25. The molecule has 0 radical (unpaired) electrons. The minimum Gasteiger partial charge on any atom is -0.371 e. The monoisotopic (exact) mass is 251 g/mol. The van der Waals surface area contributed by atoms with Crippen molar-refractivity contribution in [2.45, 2.75) is 31.5 Å². The molecule has 17 heavy (non-hydrogen) atoms. The van der Waals surface area contributed by atoms with Crippen LogP contribution in [0.2, 0.25) is 5.02 Å². The van der Waals surface area contributed by atoms with Crippen molar-refractivity contribution >= 4 is 17.5 Å². The first-order valence-electron chi connectivity index (χ1n) is 5.90. The van der Waals surface area contributed by atoms with E-state index in [1.165, 1.54) is 0 Å². The molecule has 90 valence electrons. The zero-order valence-corrected chi connectivity index (χ0v) is 10.2. The molecule has 2 saturated heterocycles. The number of benzene rings is 1. The molecule has 1 unspecified atom stereocenters. The van der Waals surface area contributed by atoms with Gasteiger partial charge < -0.3 is 9.64 Å². The van der Waals surface area contributed by atoms with Crippen LogP contribution in [0.15, 0.2) is 24.3 Å². The van der Waals surface area contributed by atoms with Crippen molar-refractivity contribution in [2.75, 3.05) is 6.61 Å². The number of carbonyl (C=O) groups excluding carboxylic acids is 1. The molecule has 2 aliphatic heterocycles. The third-order valence-electron chi connectivity index (χ3n) is 3.46. The van der Waals surface area contributed by atoms with Crippen LogP contribution in [0.3, 0.4) is 0 Å². The van der Waals surface area contributed by atoms with Gasteiger partial charge in [-0.25, -0.2) is 0 Å². The van der Waals surface area contributed by atoms with Crippen LogP contribution in [0.25, 0.3) is 0 Å². The van der Waals surface area contributed by atoms with E-state index in [9.17, 15) is 4.79 Å². The van der Waals surface area contributed by atoms with Crippen LogP contribution in [0.1, 0.15) is 18.4 Å². The lowest BCUT2D eigenvalue weighted by Gasteiger charge is -2.24. The summed E-state index contributed by atoms with van der Waals surface area (Å²) in [7, 11) is 0. The number of hydrogen-bond acceptors (Lipinski definition) is 2. The minimum atomic E-state index is 0.213. The second-order valence-electron chi connectivity index (χ2n) is 4.59. The summed E-state index contributed by atoms with van der Waals surface area (Å²) in [6, 6.07) is 7.93. The van der Waals surface area contributed by atoms with Gasteiger partial charge in [0.15, 0.2) is 0 Å². The lowest BCUT2D eigenvalue weighted by atomic mass is 10.1. The smallest absolute Gasteiger partial charge is 0.223 e. The van der Waals surface area contributed by atoms with Crippen molar-refractivity contribution in [3.8, 4) is 0 Å². The Kier molecular flexibility index (Phi) is 2.81. The molecule has 0 aliphatic carbocycles. The summed E-state index contributed by atoms with van der Waals surface area (Å²) in [5.74, 6) is 0.213. The summed E-state index contributed by atoms with van der Waals surface area (Å²) in [5.41, 5.74) is 1.01. The van der Waals surface area contributed by atoms with Crippen LogP contribution in [0, 0.1) is 0 Å². The van der Waals surface area contributed by atoms with E-state index in [1.807, 2.05) is 29.2 Å². The fraction of sp³-hybridized carbons (Fsp3) is 0.462. The first-order valence-corrected chi connectivity index (χ1v) is 6.28. The lowest BCUT2D eigenvalue weighted by molar-refractivity contribution is -0.129. The van der Waals surface area contributed by atoms with Gasteiger partial charge in [-0.05, 0) is 18.1 Å². The van der Waals surface area contributed by atoms with Crippen LogP contribution in [-0.4, -0.2) is 29.6 Å². The molecule has 0 saturated carbocycles. The van der Waals surface area contributed by atoms with Crippen LogP contribution in [0.5, 0.6) is 0 Å². The van der Waals surface area contributed by atoms with Gasteiger partial charge in [-0.15, -0.1) is 0 Å². The number of nitrogens with zero attached hydrogens (tertiary/aromatic N) is 1. The third-order valence-corrected chi connectivity index (χ3v) is 3.83. The maximum Gasteiger partial charge on any atom is 0.223 e. The molecule has 2 atom stereocenters. The average Bonchev–Trinajstić information content (AvgIpc) is 3.09. The molecule has 2 heterocycles. The Hall–Kier alpha value is -1.06. The maximum absolute atomic E-state index is 11.9. The second kappa shape index (κ2) is 4.31. The van der Waals surface area contributed by atoms with E-state index < -0.39 is 0 Å². The van der Waals surface area contributed by atoms with Crippen molar-refractivity contribution in [3.63, 3.8) is 0 Å². The highest BCUT2D eigenvalue weighted by Crippen LogP contribution is 2.31. The van der Waals surface area contributed by atoms with Crippen molar-refractivity contribution in [1.29, 1.82) is 0 Å². The number of ether oxygens (including phenoxy) is 1. The predicted octanol–water partition coefficient (Wildman–Crippen LogP) is 2.23. The van der Waals surface area contributed by atoms with Crippen molar-refractivity contribution in [3.05, 3.63) is 34.9 Å². The summed E-state index contributed by atoms with van der Waals surface area (Å²) < 4.78 is 5.31. The van der Waals surface area contributed by atoms with Gasteiger partial charge in [-0.3, -0.25) is 4.79 Å². The predicted molar refractivity (Wildman–Crippen MR) is 64.8 cm³/mol. The molecule has 1 amide bonds. The Bertz CT molecular complexity index is 445. The van der Waals surface area contributed by atoms with Gasteiger partial charge in [-0.2, -0.15) is 0 Å². The highest BCUT2D eigenvalue weighted by Gasteiger charge is 2.42. The molecule has 3 nitrogen and oxygen atoms in total. The molecule has 3 rings (SSSR count). The molecular weight excluding hydrogens is 238 g/mol. The van der Waals surface area contributed by atoms with Crippen LogP contribution in [-0.2, 0) is 16.1 Å². The summed E-state index contributed by atoms with van der Waals surface area (Å²) in [4.78, 5) is 13.8. The lowest BCUT2D eigenvalue weighted by Crippen LogP contribution is -2.36. The fourth-order valence-electron chi connectivity index (χ4n) is 2.44. The number of rotatable bonds is 3. The second-order valence-corrected chi connectivity index (χ2v) is 5.00. The highest BCUT2D eigenvalue weighted by atomic mass is 35.5. The minimum absolute atomic E-state index is 0.213. The van der Waals surface area contributed by atoms with E-state index in [1.54, 1.807) is 0 Å². The number of likely N-dealkylation sites (tertiary alicyclic amines) is 1. The van der Waals surface area contributed by atoms with Crippen molar-refractivity contribution in [2.24, 2.45) is 0 Å². The van der Waals surface area contributed by atoms with E-state index >= 15 is 0 Å². The van der Waals surface area contributed by atoms with Crippen LogP contribution in [0.4, 0.5) is 0 Å². The number of halogens is 1. The molecule has 0 bridgehead atoms. The van der Waals surface area contributed by atoms with E-state index in [2.05, 4.69) is 0 Å². The summed E-state index contributed by atoms with van der Waals surface area (Å²) in [5, 5.41) is 0.725. The number of carbonyl (C=O) groups is 1. The molecule has 4 heteroatoms. The zero-order chi connectivity index (χ0) is 11.8. The van der Waals surface area contributed by atoms with Crippen LogP contribution >= 0.6 is 11.6 Å². The van der Waals surface area contributed by atoms with E-state index in [0.29, 0.717) is 13.0 Å². The largest absolute Gasteiger partial charge is 0.371 e. The normalized spacial score (nSPS) is 27.6. The Morgan fingerprint density at radius 1 is 1.41 bits per heavy atom. The van der Waals surface area contributed by atoms with E-state index in [4.69, 9.17) is 16.3 Å². The van der Waals surface area contributed by atoms with Gasteiger partial charge in [0.05, 0.1) is 12.6 Å². The number of hydrogen-bond donors (Lipinski definition) is 0. The third kappa shape index (κ3) is 2.17. The Labute approximate surface area is 105 Å². The number of amides is 1. The molecule has 2 aliphatic rings. The maximum atomic E-state index is 11.9.